The summed E-state index contributed by atoms with van der Waals surface area (Å²) in [5.74, 6) is -1.28. The van der Waals surface area contributed by atoms with Crippen LogP contribution in [-0.2, 0) is 10.8 Å². The molecule has 2 nitrogen and oxygen atoms in total. The third-order valence-corrected chi connectivity index (χ3v) is 4.45. The molecule has 1 aliphatic heterocycles. The summed E-state index contributed by atoms with van der Waals surface area (Å²) in [5.41, 5.74) is 0.640. The second-order valence-corrected chi connectivity index (χ2v) is 5.65. The molecule has 17 heavy (non-hydrogen) atoms. The number of halogens is 2. The molecule has 0 amide bonds. The van der Waals surface area contributed by atoms with Crippen molar-refractivity contribution >= 4 is 10.8 Å². The van der Waals surface area contributed by atoms with Gasteiger partial charge in [0.05, 0.1) is 10.8 Å². The fourth-order valence-corrected chi connectivity index (χ4v) is 3.50. The summed E-state index contributed by atoms with van der Waals surface area (Å²) in [4.78, 5) is 0.437. The predicted octanol–water partition coefficient (Wildman–Crippen LogP) is 2.52. The van der Waals surface area contributed by atoms with E-state index in [1.807, 2.05) is 6.92 Å². The molecule has 2 atom stereocenters. The third kappa shape index (κ3) is 2.55. The van der Waals surface area contributed by atoms with Gasteiger partial charge in [-0.15, -0.1) is 0 Å². The van der Waals surface area contributed by atoms with E-state index in [1.165, 1.54) is 6.07 Å². The summed E-state index contributed by atoms with van der Waals surface area (Å²) in [6.07, 6.45) is 1.60. The third-order valence-electron chi connectivity index (χ3n) is 2.95. The molecule has 1 heterocycles. The number of rotatable bonds is 2. The lowest BCUT2D eigenvalue weighted by atomic mass is 10.0. The first kappa shape index (κ1) is 12.6. The Kier molecular flexibility index (Phi) is 3.89. The van der Waals surface area contributed by atoms with Crippen molar-refractivity contribution in [2.24, 2.45) is 0 Å². The van der Waals surface area contributed by atoms with E-state index in [9.17, 15) is 13.0 Å². The van der Waals surface area contributed by atoms with E-state index in [4.69, 9.17) is 0 Å². The number of hydrogen-bond donors (Lipinski definition) is 1. The molecule has 0 spiro atoms. The summed E-state index contributed by atoms with van der Waals surface area (Å²) >= 11 is 0. The lowest BCUT2D eigenvalue weighted by Gasteiger charge is -2.18. The van der Waals surface area contributed by atoms with Gasteiger partial charge in [0.2, 0.25) is 0 Å². The van der Waals surface area contributed by atoms with Crippen LogP contribution in [-0.4, -0.2) is 16.5 Å². The lowest BCUT2D eigenvalue weighted by molar-refractivity contribution is 0.481. The first-order chi connectivity index (χ1) is 8.13. The zero-order chi connectivity index (χ0) is 12.4. The van der Waals surface area contributed by atoms with E-state index in [0.717, 1.165) is 25.5 Å². The van der Waals surface area contributed by atoms with Gasteiger partial charge in [-0.1, -0.05) is 6.92 Å². The van der Waals surface area contributed by atoms with Crippen LogP contribution in [0.5, 0.6) is 0 Å². The molecule has 1 aliphatic rings. The van der Waals surface area contributed by atoms with Crippen LogP contribution in [0.1, 0.15) is 31.4 Å². The van der Waals surface area contributed by atoms with Gasteiger partial charge in [0.15, 0.2) is 11.6 Å². The quantitative estimate of drug-likeness (QED) is 0.884. The topological polar surface area (TPSA) is 29.1 Å². The average Bonchev–Trinajstić information content (AvgIpc) is 2.43. The van der Waals surface area contributed by atoms with Gasteiger partial charge in [0, 0.05) is 16.7 Å². The largest absolute Gasteiger partial charge is 0.310 e. The Morgan fingerprint density at radius 2 is 2.12 bits per heavy atom. The minimum atomic E-state index is -1.22. The molecular weight excluding hydrogens is 244 g/mol. The summed E-state index contributed by atoms with van der Waals surface area (Å²) in [6, 6.07) is 2.23. The normalized spacial score (nSPS) is 24.2. The highest BCUT2D eigenvalue weighted by molar-refractivity contribution is 7.85. The van der Waals surface area contributed by atoms with Crippen LogP contribution in [0, 0.1) is 11.6 Å². The Balaban J connectivity index is 2.50. The van der Waals surface area contributed by atoms with Crippen molar-refractivity contribution in [3.05, 3.63) is 29.3 Å². The standard InChI is InChI=1S/C12H15F2NOS/c1-2-15-11-4-3-5-17(16)12-7-10(14)9(13)6-8(11)12/h6-7,11,15H,2-5H2,1H3. The second kappa shape index (κ2) is 5.23. The molecule has 0 radical (unpaired) electrons. The fraction of sp³-hybridized carbons (Fsp3) is 0.500. The Bertz CT molecular complexity index is 450. The molecule has 5 heteroatoms. The highest BCUT2D eigenvalue weighted by Crippen LogP contribution is 2.30. The Labute approximate surface area is 102 Å². The van der Waals surface area contributed by atoms with E-state index in [-0.39, 0.29) is 6.04 Å². The average molecular weight is 259 g/mol. The van der Waals surface area contributed by atoms with Gasteiger partial charge in [-0.05, 0) is 37.1 Å². The Morgan fingerprint density at radius 1 is 1.41 bits per heavy atom. The summed E-state index contributed by atoms with van der Waals surface area (Å²) in [5, 5.41) is 3.22. The number of fused-ring (bicyclic) bond motifs is 1. The Morgan fingerprint density at radius 3 is 2.82 bits per heavy atom. The maximum absolute atomic E-state index is 13.3. The molecule has 0 aliphatic carbocycles. The van der Waals surface area contributed by atoms with Gasteiger partial charge in [-0.2, -0.15) is 0 Å². The highest BCUT2D eigenvalue weighted by Gasteiger charge is 2.24. The zero-order valence-corrected chi connectivity index (χ0v) is 10.4. The van der Waals surface area contributed by atoms with Crippen molar-refractivity contribution < 1.29 is 13.0 Å². The number of hydrogen-bond acceptors (Lipinski definition) is 2. The molecule has 1 aromatic rings. The van der Waals surface area contributed by atoms with E-state index in [0.29, 0.717) is 16.2 Å². The van der Waals surface area contributed by atoms with Crippen LogP contribution in [0.2, 0.25) is 0 Å². The molecule has 1 aromatic carbocycles. The van der Waals surface area contributed by atoms with Crippen LogP contribution in [0.4, 0.5) is 8.78 Å². The van der Waals surface area contributed by atoms with Crippen molar-refractivity contribution in [3.8, 4) is 0 Å². The van der Waals surface area contributed by atoms with Crippen LogP contribution in [0.15, 0.2) is 17.0 Å². The van der Waals surface area contributed by atoms with Crippen LogP contribution < -0.4 is 5.32 Å². The fourth-order valence-electron chi connectivity index (χ4n) is 2.16. The summed E-state index contributed by atoms with van der Waals surface area (Å²) in [6.45, 7) is 2.71. The molecule has 0 aromatic heterocycles. The molecule has 0 saturated heterocycles. The zero-order valence-electron chi connectivity index (χ0n) is 9.63. The molecule has 0 bridgehead atoms. The highest BCUT2D eigenvalue weighted by atomic mass is 32.2. The lowest BCUT2D eigenvalue weighted by Crippen LogP contribution is -2.21. The summed E-state index contributed by atoms with van der Waals surface area (Å²) in [7, 11) is -1.22. The smallest absolute Gasteiger partial charge is 0.160 e. The maximum atomic E-state index is 13.3. The summed E-state index contributed by atoms with van der Waals surface area (Å²) < 4.78 is 38.4. The monoisotopic (exact) mass is 259 g/mol. The predicted molar refractivity (Wildman–Crippen MR) is 63.3 cm³/mol. The first-order valence-corrected chi connectivity index (χ1v) is 7.06. The van der Waals surface area contributed by atoms with Crippen LogP contribution in [0.3, 0.4) is 0 Å². The second-order valence-electron chi connectivity index (χ2n) is 4.11. The molecule has 1 N–H and O–H groups in total. The van der Waals surface area contributed by atoms with Gasteiger partial charge in [0.25, 0.3) is 0 Å². The molecule has 2 rings (SSSR count). The van der Waals surface area contributed by atoms with Gasteiger partial charge in [0.1, 0.15) is 0 Å². The first-order valence-electron chi connectivity index (χ1n) is 5.74. The molecule has 0 fully saturated rings. The number of benzene rings is 1. The van der Waals surface area contributed by atoms with Gasteiger partial charge < -0.3 is 5.32 Å². The van der Waals surface area contributed by atoms with E-state index >= 15 is 0 Å². The molecule has 94 valence electrons. The van der Waals surface area contributed by atoms with Gasteiger partial charge in [-0.25, -0.2) is 8.78 Å². The number of nitrogens with one attached hydrogen (secondary N) is 1. The van der Waals surface area contributed by atoms with E-state index in [2.05, 4.69) is 5.32 Å². The van der Waals surface area contributed by atoms with Crippen molar-refractivity contribution in [2.45, 2.75) is 30.7 Å². The molecule has 2 unspecified atom stereocenters. The van der Waals surface area contributed by atoms with Crippen LogP contribution in [0.25, 0.3) is 0 Å². The van der Waals surface area contributed by atoms with Crippen molar-refractivity contribution in [2.75, 3.05) is 12.3 Å². The van der Waals surface area contributed by atoms with E-state index in [1.54, 1.807) is 0 Å². The van der Waals surface area contributed by atoms with Crippen molar-refractivity contribution in [3.63, 3.8) is 0 Å². The minimum Gasteiger partial charge on any atom is -0.310 e. The van der Waals surface area contributed by atoms with Gasteiger partial charge in [-0.3, -0.25) is 4.21 Å². The van der Waals surface area contributed by atoms with E-state index < -0.39 is 22.4 Å². The Hall–Kier alpha value is -0.810. The minimum absolute atomic E-state index is 0.0310. The van der Waals surface area contributed by atoms with Gasteiger partial charge >= 0.3 is 0 Å². The molecular formula is C12H15F2NOS. The van der Waals surface area contributed by atoms with Crippen LogP contribution >= 0.6 is 0 Å². The van der Waals surface area contributed by atoms with Crippen molar-refractivity contribution in [1.82, 2.24) is 5.32 Å². The SMILES string of the molecule is CCNC1CCCS(=O)c2cc(F)c(F)cc21. The maximum Gasteiger partial charge on any atom is 0.160 e. The van der Waals surface area contributed by atoms with Crippen molar-refractivity contribution in [1.29, 1.82) is 0 Å². The molecule has 0 saturated carbocycles.